The first kappa shape index (κ1) is 11.2. The van der Waals surface area contributed by atoms with Gasteiger partial charge in [-0.3, -0.25) is 0 Å². The Morgan fingerprint density at radius 1 is 1.57 bits per heavy atom. The first-order chi connectivity index (χ1) is 6.38. The minimum absolute atomic E-state index is 0.00150. The summed E-state index contributed by atoms with van der Waals surface area (Å²) in [7, 11) is -4.74. The Bertz CT molecular complexity index is 318. The van der Waals surface area contributed by atoms with Crippen LogP contribution in [0.1, 0.15) is 12.8 Å². The SMILES string of the molecule is O=C(O)N1CCC[C@@H](NS(=O)(=O)F)C1. The topological polar surface area (TPSA) is 86.7 Å². The third kappa shape index (κ3) is 3.46. The number of hydrogen-bond donors (Lipinski definition) is 2. The molecule has 1 fully saturated rings. The molecule has 0 aromatic carbocycles. The van der Waals surface area contributed by atoms with Gasteiger partial charge in [0.1, 0.15) is 0 Å². The number of amides is 1. The Balaban J connectivity index is 2.52. The molecule has 1 aliphatic rings. The standard InChI is InChI=1S/C6H11FN2O4S/c7-14(12,13)8-5-2-1-3-9(4-5)6(10)11/h5,8H,1-4H2,(H,10,11)/t5-/m1/s1. The molecular formula is C6H11FN2O4S. The summed E-state index contributed by atoms with van der Waals surface area (Å²) in [6.07, 6.45) is -0.139. The number of piperidine rings is 1. The average molecular weight is 226 g/mol. The van der Waals surface area contributed by atoms with Gasteiger partial charge in [0.2, 0.25) is 0 Å². The molecule has 0 aromatic heterocycles. The summed E-state index contributed by atoms with van der Waals surface area (Å²) < 4.78 is 34.4. The number of nitrogens with zero attached hydrogens (tertiary/aromatic N) is 1. The predicted molar refractivity (Wildman–Crippen MR) is 45.8 cm³/mol. The highest BCUT2D eigenvalue weighted by Crippen LogP contribution is 2.11. The van der Waals surface area contributed by atoms with E-state index >= 15 is 0 Å². The second-order valence-electron chi connectivity index (χ2n) is 3.12. The predicted octanol–water partition coefficient (Wildman–Crippen LogP) is -0.0673. The highest BCUT2D eigenvalue weighted by atomic mass is 32.3. The largest absolute Gasteiger partial charge is 0.465 e. The van der Waals surface area contributed by atoms with E-state index in [4.69, 9.17) is 5.11 Å². The molecule has 1 heterocycles. The van der Waals surface area contributed by atoms with E-state index in [1.54, 1.807) is 4.72 Å². The summed E-state index contributed by atoms with van der Waals surface area (Å²) in [5.41, 5.74) is 0. The van der Waals surface area contributed by atoms with Crippen molar-refractivity contribution in [2.24, 2.45) is 0 Å². The van der Waals surface area contributed by atoms with Crippen molar-refractivity contribution in [1.29, 1.82) is 0 Å². The number of nitrogens with one attached hydrogen (secondary N) is 1. The minimum atomic E-state index is -4.74. The van der Waals surface area contributed by atoms with Crippen molar-refractivity contribution in [3.05, 3.63) is 0 Å². The average Bonchev–Trinajstić information content (AvgIpc) is 2.01. The highest BCUT2D eigenvalue weighted by Gasteiger charge is 2.26. The lowest BCUT2D eigenvalue weighted by Crippen LogP contribution is -2.48. The molecule has 1 saturated heterocycles. The second-order valence-corrected chi connectivity index (χ2v) is 4.23. The Morgan fingerprint density at radius 3 is 2.71 bits per heavy atom. The Kier molecular flexibility index (Phi) is 3.27. The first-order valence-corrected chi connectivity index (χ1v) is 5.46. The van der Waals surface area contributed by atoms with Gasteiger partial charge in [-0.2, -0.15) is 13.1 Å². The second kappa shape index (κ2) is 4.09. The van der Waals surface area contributed by atoms with E-state index in [0.717, 1.165) is 4.90 Å². The van der Waals surface area contributed by atoms with Crippen molar-refractivity contribution in [2.45, 2.75) is 18.9 Å². The van der Waals surface area contributed by atoms with E-state index in [1.165, 1.54) is 0 Å². The fourth-order valence-corrected chi connectivity index (χ4v) is 2.04. The van der Waals surface area contributed by atoms with E-state index in [0.29, 0.717) is 19.4 Å². The fourth-order valence-electron chi connectivity index (χ4n) is 1.45. The van der Waals surface area contributed by atoms with Gasteiger partial charge in [-0.05, 0) is 12.8 Å². The molecule has 0 spiro atoms. The lowest BCUT2D eigenvalue weighted by atomic mass is 10.1. The van der Waals surface area contributed by atoms with E-state index in [9.17, 15) is 17.1 Å². The molecule has 0 radical (unpaired) electrons. The molecular weight excluding hydrogens is 215 g/mol. The van der Waals surface area contributed by atoms with Gasteiger partial charge in [0.05, 0.1) is 0 Å². The Labute approximate surface area is 81.0 Å². The fraction of sp³-hybridized carbons (Fsp3) is 0.833. The van der Waals surface area contributed by atoms with Gasteiger partial charge < -0.3 is 10.0 Å². The van der Waals surface area contributed by atoms with E-state index in [2.05, 4.69) is 0 Å². The van der Waals surface area contributed by atoms with Crippen molar-refractivity contribution in [1.82, 2.24) is 9.62 Å². The molecule has 1 rings (SSSR count). The van der Waals surface area contributed by atoms with Crippen molar-refractivity contribution < 1.29 is 22.2 Å². The number of rotatable bonds is 2. The number of hydrogen-bond acceptors (Lipinski definition) is 3. The summed E-state index contributed by atoms with van der Waals surface area (Å²) in [4.78, 5) is 11.6. The highest BCUT2D eigenvalue weighted by molar-refractivity contribution is 7.84. The molecule has 0 bridgehead atoms. The maximum Gasteiger partial charge on any atom is 0.407 e. The molecule has 0 aliphatic carbocycles. The van der Waals surface area contributed by atoms with Crippen LogP contribution in [0.5, 0.6) is 0 Å². The Hall–Kier alpha value is -0.890. The summed E-state index contributed by atoms with van der Waals surface area (Å²) in [6, 6.07) is -0.658. The summed E-state index contributed by atoms with van der Waals surface area (Å²) in [5.74, 6) is 0. The maximum absolute atomic E-state index is 12.2. The minimum Gasteiger partial charge on any atom is -0.465 e. The monoisotopic (exact) mass is 226 g/mol. The van der Waals surface area contributed by atoms with Gasteiger partial charge in [-0.1, -0.05) is 3.89 Å². The van der Waals surface area contributed by atoms with E-state index in [1.807, 2.05) is 0 Å². The van der Waals surface area contributed by atoms with Gasteiger partial charge in [0.25, 0.3) is 0 Å². The van der Waals surface area contributed by atoms with Crippen LogP contribution >= 0.6 is 0 Å². The summed E-state index contributed by atoms with van der Waals surface area (Å²) >= 11 is 0. The molecule has 82 valence electrons. The number of carboxylic acid groups (broad SMARTS) is 1. The van der Waals surface area contributed by atoms with Crippen molar-refractivity contribution in [2.75, 3.05) is 13.1 Å². The van der Waals surface area contributed by atoms with Crippen LogP contribution in [0.4, 0.5) is 8.68 Å². The lowest BCUT2D eigenvalue weighted by Gasteiger charge is -2.29. The van der Waals surface area contributed by atoms with Crippen LogP contribution in [-0.2, 0) is 10.4 Å². The molecule has 0 unspecified atom stereocenters. The number of carbonyl (C=O) groups is 1. The maximum atomic E-state index is 12.2. The van der Waals surface area contributed by atoms with Crippen molar-refractivity contribution >= 4 is 16.5 Å². The van der Waals surface area contributed by atoms with Crippen LogP contribution in [0.3, 0.4) is 0 Å². The smallest absolute Gasteiger partial charge is 0.407 e. The van der Waals surface area contributed by atoms with Gasteiger partial charge in [-0.25, -0.2) is 4.79 Å². The molecule has 1 atom stereocenters. The molecule has 6 nitrogen and oxygen atoms in total. The van der Waals surface area contributed by atoms with Crippen LogP contribution in [0.25, 0.3) is 0 Å². The van der Waals surface area contributed by atoms with Gasteiger partial charge in [0, 0.05) is 19.1 Å². The van der Waals surface area contributed by atoms with Crippen LogP contribution in [0, 0.1) is 0 Å². The molecule has 0 saturated carbocycles. The molecule has 8 heteroatoms. The Morgan fingerprint density at radius 2 is 2.21 bits per heavy atom. The van der Waals surface area contributed by atoms with Gasteiger partial charge in [-0.15, -0.1) is 0 Å². The summed E-state index contributed by atoms with van der Waals surface area (Å²) in [5, 5.41) is 8.61. The molecule has 2 N–H and O–H groups in total. The van der Waals surface area contributed by atoms with Crippen molar-refractivity contribution in [3.8, 4) is 0 Å². The zero-order valence-electron chi connectivity index (χ0n) is 7.31. The normalized spacial score (nSPS) is 23.5. The van der Waals surface area contributed by atoms with Crippen LogP contribution in [0.2, 0.25) is 0 Å². The zero-order valence-corrected chi connectivity index (χ0v) is 8.13. The van der Waals surface area contributed by atoms with Crippen LogP contribution in [0.15, 0.2) is 0 Å². The molecule has 1 aliphatic heterocycles. The number of halogens is 1. The van der Waals surface area contributed by atoms with Gasteiger partial charge in [0.15, 0.2) is 0 Å². The summed E-state index contributed by atoms with van der Waals surface area (Å²) in [6.45, 7) is 0.359. The van der Waals surface area contributed by atoms with Crippen LogP contribution < -0.4 is 4.72 Å². The lowest BCUT2D eigenvalue weighted by molar-refractivity contribution is 0.129. The molecule has 14 heavy (non-hydrogen) atoms. The van der Waals surface area contributed by atoms with Crippen LogP contribution in [-0.4, -0.2) is 43.6 Å². The quantitative estimate of drug-likeness (QED) is 0.645. The van der Waals surface area contributed by atoms with Crippen molar-refractivity contribution in [3.63, 3.8) is 0 Å². The van der Waals surface area contributed by atoms with E-state index < -0.39 is 22.5 Å². The first-order valence-electron chi connectivity index (χ1n) is 4.08. The van der Waals surface area contributed by atoms with Gasteiger partial charge >= 0.3 is 16.5 Å². The third-order valence-electron chi connectivity index (χ3n) is 2.00. The molecule has 0 aromatic rings. The molecule has 1 amide bonds. The third-order valence-corrected chi connectivity index (χ3v) is 2.61. The number of likely N-dealkylation sites (tertiary alicyclic amines) is 1. The zero-order chi connectivity index (χ0) is 10.8. The van der Waals surface area contributed by atoms with E-state index in [-0.39, 0.29) is 6.54 Å².